The van der Waals surface area contributed by atoms with Crippen molar-refractivity contribution in [1.82, 2.24) is 4.72 Å². The number of nitrogens with one attached hydrogen (secondary N) is 1. The summed E-state index contributed by atoms with van der Waals surface area (Å²) in [5.74, 6) is -0.841. The highest BCUT2D eigenvalue weighted by Crippen LogP contribution is 2.27. The molecule has 1 saturated carbocycles. The van der Waals surface area contributed by atoms with Gasteiger partial charge in [0.2, 0.25) is 10.0 Å². The number of sulfonamides is 1. The molecule has 1 aliphatic carbocycles. The Hall–Kier alpha value is -0.620. The molecule has 0 saturated heterocycles. The van der Waals surface area contributed by atoms with Crippen molar-refractivity contribution in [2.24, 2.45) is 0 Å². The van der Waals surface area contributed by atoms with E-state index in [4.69, 9.17) is 5.11 Å². The standard InChI is InChI=1S/C9H17NO4S/c1-7(3-2-4-9(11)12)10-15(13,14)8-5-6-8/h7-8,10H,2-6H2,1H3,(H,11,12). The minimum absolute atomic E-state index is 0.0928. The molecule has 0 spiro atoms. The summed E-state index contributed by atoms with van der Waals surface area (Å²) >= 11 is 0. The largest absolute Gasteiger partial charge is 0.481 e. The number of aliphatic carboxylic acids is 1. The van der Waals surface area contributed by atoms with Crippen LogP contribution in [0.25, 0.3) is 0 Å². The third kappa shape index (κ3) is 4.61. The molecule has 1 rings (SSSR count). The first-order valence-electron chi connectivity index (χ1n) is 5.15. The van der Waals surface area contributed by atoms with Crippen LogP contribution in [0.15, 0.2) is 0 Å². The summed E-state index contributed by atoms with van der Waals surface area (Å²) in [6.07, 6.45) is 2.66. The van der Waals surface area contributed by atoms with Crippen LogP contribution < -0.4 is 4.72 Å². The summed E-state index contributed by atoms with van der Waals surface area (Å²) < 4.78 is 25.5. The lowest BCUT2D eigenvalue weighted by Gasteiger charge is -2.12. The minimum atomic E-state index is -3.13. The van der Waals surface area contributed by atoms with Gasteiger partial charge in [-0.3, -0.25) is 4.79 Å². The quantitative estimate of drug-likeness (QED) is 0.680. The normalized spacial score (nSPS) is 18.7. The average molecular weight is 235 g/mol. The highest BCUT2D eigenvalue weighted by Gasteiger charge is 2.36. The lowest BCUT2D eigenvalue weighted by atomic mass is 10.1. The molecule has 88 valence electrons. The highest BCUT2D eigenvalue weighted by atomic mass is 32.2. The van der Waals surface area contributed by atoms with Crippen LogP contribution in [-0.4, -0.2) is 30.8 Å². The molecular weight excluding hydrogens is 218 g/mol. The molecule has 1 fully saturated rings. The van der Waals surface area contributed by atoms with Gasteiger partial charge in [-0.05, 0) is 32.6 Å². The Morgan fingerprint density at radius 2 is 2.13 bits per heavy atom. The van der Waals surface area contributed by atoms with Gasteiger partial charge in [0.15, 0.2) is 0 Å². The summed E-state index contributed by atoms with van der Waals surface area (Å²) in [5.41, 5.74) is 0. The van der Waals surface area contributed by atoms with Crippen molar-refractivity contribution in [3.63, 3.8) is 0 Å². The van der Waals surface area contributed by atoms with Crippen LogP contribution >= 0.6 is 0 Å². The summed E-state index contributed by atoms with van der Waals surface area (Å²) in [6.45, 7) is 1.77. The van der Waals surface area contributed by atoms with Crippen molar-refractivity contribution in [1.29, 1.82) is 0 Å². The number of carboxylic acids is 1. The third-order valence-electron chi connectivity index (χ3n) is 2.36. The number of rotatable bonds is 7. The Kier molecular flexibility index (Phi) is 4.10. The topological polar surface area (TPSA) is 83.5 Å². The second-order valence-electron chi connectivity index (χ2n) is 4.05. The molecule has 6 heteroatoms. The van der Waals surface area contributed by atoms with Crippen LogP contribution in [0, 0.1) is 0 Å². The minimum Gasteiger partial charge on any atom is -0.481 e. The summed E-state index contributed by atoms with van der Waals surface area (Å²) in [6, 6.07) is -0.171. The van der Waals surface area contributed by atoms with Crippen molar-refractivity contribution >= 4 is 16.0 Å². The van der Waals surface area contributed by atoms with E-state index >= 15 is 0 Å². The fourth-order valence-electron chi connectivity index (χ4n) is 1.37. The Balaban J connectivity index is 2.23. The maximum Gasteiger partial charge on any atom is 0.303 e. The predicted molar refractivity (Wildman–Crippen MR) is 56.0 cm³/mol. The Labute approximate surface area is 89.9 Å². The molecule has 15 heavy (non-hydrogen) atoms. The molecule has 0 aromatic rings. The van der Waals surface area contributed by atoms with E-state index in [0.717, 1.165) is 12.8 Å². The van der Waals surface area contributed by atoms with Crippen LogP contribution in [-0.2, 0) is 14.8 Å². The molecular formula is C9H17NO4S. The molecule has 1 atom stereocenters. The maximum atomic E-state index is 11.5. The second kappa shape index (κ2) is 4.94. The van der Waals surface area contributed by atoms with Crippen LogP contribution in [0.1, 0.15) is 39.0 Å². The molecule has 5 nitrogen and oxygen atoms in total. The van der Waals surface area contributed by atoms with Gasteiger partial charge in [-0.15, -0.1) is 0 Å². The summed E-state index contributed by atoms with van der Waals surface area (Å²) in [4.78, 5) is 10.2. The van der Waals surface area contributed by atoms with Crippen LogP contribution in [0.5, 0.6) is 0 Å². The predicted octanol–water partition coefficient (Wildman–Crippen LogP) is 0.712. The van der Waals surface area contributed by atoms with Gasteiger partial charge >= 0.3 is 5.97 Å². The summed E-state index contributed by atoms with van der Waals surface area (Å²) in [5, 5.41) is 8.21. The molecule has 0 amide bonds. The number of carbonyl (C=O) groups is 1. The molecule has 0 aliphatic heterocycles. The molecule has 0 bridgehead atoms. The zero-order chi connectivity index (χ0) is 11.5. The van der Waals surface area contributed by atoms with Gasteiger partial charge in [0.1, 0.15) is 0 Å². The van der Waals surface area contributed by atoms with E-state index in [2.05, 4.69) is 4.72 Å². The number of carboxylic acid groups (broad SMARTS) is 1. The van der Waals surface area contributed by atoms with E-state index in [1.54, 1.807) is 6.92 Å². The highest BCUT2D eigenvalue weighted by molar-refractivity contribution is 7.90. The van der Waals surface area contributed by atoms with Crippen molar-refractivity contribution < 1.29 is 18.3 Å². The van der Waals surface area contributed by atoms with Gasteiger partial charge in [0, 0.05) is 12.5 Å². The lowest BCUT2D eigenvalue weighted by molar-refractivity contribution is -0.137. The van der Waals surface area contributed by atoms with Gasteiger partial charge in [0.05, 0.1) is 5.25 Å². The first-order chi connectivity index (χ1) is 6.92. The summed E-state index contributed by atoms with van der Waals surface area (Å²) in [7, 11) is -3.13. The first-order valence-corrected chi connectivity index (χ1v) is 6.69. The average Bonchev–Trinajstić information content (AvgIpc) is 2.83. The molecule has 0 heterocycles. The van der Waals surface area contributed by atoms with Crippen LogP contribution in [0.3, 0.4) is 0 Å². The van der Waals surface area contributed by atoms with E-state index in [0.29, 0.717) is 12.8 Å². The van der Waals surface area contributed by atoms with Crippen molar-refractivity contribution in [3.05, 3.63) is 0 Å². The first kappa shape index (κ1) is 12.4. The van der Waals surface area contributed by atoms with Gasteiger partial charge in [0.25, 0.3) is 0 Å². The molecule has 0 aromatic heterocycles. The third-order valence-corrected chi connectivity index (χ3v) is 4.44. The lowest BCUT2D eigenvalue weighted by Crippen LogP contribution is -2.35. The fourth-order valence-corrected chi connectivity index (χ4v) is 3.00. The monoisotopic (exact) mass is 235 g/mol. The molecule has 1 aliphatic rings. The van der Waals surface area contributed by atoms with Gasteiger partial charge in [-0.2, -0.15) is 0 Å². The van der Waals surface area contributed by atoms with E-state index in [1.165, 1.54) is 0 Å². The molecule has 0 radical (unpaired) electrons. The molecule has 1 unspecified atom stereocenters. The maximum absolute atomic E-state index is 11.5. The van der Waals surface area contributed by atoms with E-state index in [-0.39, 0.29) is 17.7 Å². The second-order valence-corrected chi connectivity index (χ2v) is 6.04. The van der Waals surface area contributed by atoms with Crippen LogP contribution in [0.2, 0.25) is 0 Å². The van der Waals surface area contributed by atoms with Gasteiger partial charge in [-0.25, -0.2) is 13.1 Å². The van der Waals surface area contributed by atoms with Crippen LogP contribution in [0.4, 0.5) is 0 Å². The molecule has 0 aromatic carbocycles. The van der Waals surface area contributed by atoms with E-state index in [1.807, 2.05) is 0 Å². The van der Waals surface area contributed by atoms with Gasteiger partial charge in [-0.1, -0.05) is 0 Å². The Morgan fingerprint density at radius 3 is 2.60 bits per heavy atom. The SMILES string of the molecule is CC(CCCC(=O)O)NS(=O)(=O)C1CC1. The Morgan fingerprint density at radius 1 is 1.53 bits per heavy atom. The van der Waals surface area contributed by atoms with Crippen molar-refractivity contribution in [2.75, 3.05) is 0 Å². The van der Waals surface area contributed by atoms with Gasteiger partial charge < -0.3 is 5.11 Å². The van der Waals surface area contributed by atoms with E-state index < -0.39 is 16.0 Å². The van der Waals surface area contributed by atoms with Crippen molar-refractivity contribution in [3.8, 4) is 0 Å². The number of hydrogen-bond donors (Lipinski definition) is 2. The Bertz CT molecular complexity index is 321. The smallest absolute Gasteiger partial charge is 0.303 e. The zero-order valence-corrected chi connectivity index (χ0v) is 9.59. The number of hydrogen-bond acceptors (Lipinski definition) is 3. The molecule has 2 N–H and O–H groups in total. The van der Waals surface area contributed by atoms with Crippen molar-refractivity contribution in [2.45, 2.75) is 50.3 Å². The zero-order valence-electron chi connectivity index (χ0n) is 8.77. The van der Waals surface area contributed by atoms with E-state index in [9.17, 15) is 13.2 Å². The fraction of sp³-hybridized carbons (Fsp3) is 0.889.